The molecule has 2 aromatic heterocycles. The van der Waals surface area contributed by atoms with E-state index in [9.17, 15) is 10.4 Å². The van der Waals surface area contributed by atoms with Crippen molar-refractivity contribution in [2.45, 2.75) is 19.9 Å². The van der Waals surface area contributed by atoms with Crippen LogP contribution >= 0.6 is 0 Å². The molecule has 7 nitrogen and oxygen atoms in total. The number of nitrogens with one attached hydrogen (secondary N) is 2. The molecule has 28 heavy (non-hydrogen) atoms. The summed E-state index contributed by atoms with van der Waals surface area (Å²) >= 11 is 0. The van der Waals surface area contributed by atoms with Gasteiger partial charge in [0, 0.05) is 24.0 Å². The molecular weight excluding hydrogens is 352 g/mol. The largest absolute Gasteiger partial charge is 0.394 e. The highest BCUT2D eigenvalue weighted by atomic mass is 16.3. The molecule has 142 valence electrons. The van der Waals surface area contributed by atoms with Gasteiger partial charge in [-0.15, -0.1) is 0 Å². The van der Waals surface area contributed by atoms with Crippen molar-refractivity contribution in [1.29, 1.82) is 5.26 Å². The lowest BCUT2D eigenvalue weighted by molar-refractivity contribution is 0.248. The Kier molecular flexibility index (Phi) is 6.14. The predicted octanol–water partition coefficient (Wildman–Crippen LogP) is 3.58. The fourth-order valence-corrected chi connectivity index (χ4v) is 2.66. The number of hydrogen-bond acceptors (Lipinski definition) is 7. The topological polar surface area (TPSA) is 107 Å². The van der Waals surface area contributed by atoms with E-state index in [0.29, 0.717) is 28.7 Å². The zero-order chi connectivity index (χ0) is 19.9. The number of benzene rings is 1. The van der Waals surface area contributed by atoms with Crippen LogP contribution in [0.2, 0.25) is 0 Å². The van der Waals surface area contributed by atoms with Gasteiger partial charge in [0.05, 0.1) is 29.6 Å². The van der Waals surface area contributed by atoms with Gasteiger partial charge in [0.1, 0.15) is 11.9 Å². The van der Waals surface area contributed by atoms with E-state index in [0.717, 1.165) is 5.56 Å². The Morgan fingerprint density at radius 1 is 1.11 bits per heavy atom. The fourth-order valence-electron chi connectivity index (χ4n) is 2.66. The van der Waals surface area contributed by atoms with Crippen LogP contribution in [-0.4, -0.2) is 32.7 Å². The summed E-state index contributed by atoms with van der Waals surface area (Å²) in [6, 6.07) is 14.8. The van der Waals surface area contributed by atoms with Crippen molar-refractivity contribution < 1.29 is 5.11 Å². The van der Waals surface area contributed by atoms with E-state index in [4.69, 9.17) is 0 Å². The molecule has 0 saturated heterocycles. The molecule has 1 aromatic carbocycles. The Bertz CT molecular complexity index is 968. The third-order valence-electron chi connectivity index (χ3n) is 4.33. The molecule has 0 spiro atoms. The average Bonchev–Trinajstić information content (AvgIpc) is 2.72. The molecule has 0 fully saturated rings. The zero-order valence-corrected chi connectivity index (χ0v) is 15.8. The molecule has 0 aliphatic rings. The van der Waals surface area contributed by atoms with E-state index in [2.05, 4.69) is 31.7 Å². The molecule has 0 saturated carbocycles. The first-order chi connectivity index (χ1) is 13.6. The molecule has 0 aliphatic heterocycles. The lowest BCUT2D eigenvalue weighted by Crippen LogP contribution is -2.30. The number of hydrogen-bond donors (Lipinski definition) is 3. The molecule has 0 unspecified atom stereocenters. The van der Waals surface area contributed by atoms with Crippen molar-refractivity contribution in [3.63, 3.8) is 0 Å². The normalized spacial score (nSPS) is 11.7. The van der Waals surface area contributed by atoms with Gasteiger partial charge in [0.2, 0.25) is 5.95 Å². The Morgan fingerprint density at radius 2 is 1.86 bits per heavy atom. The molecular formula is C21H22N6O. The third-order valence-corrected chi connectivity index (χ3v) is 4.33. The first-order valence-corrected chi connectivity index (χ1v) is 9.03. The molecule has 7 heteroatoms. The lowest BCUT2D eigenvalue weighted by Gasteiger charge is -2.20. The van der Waals surface area contributed by atoms with Gasteiger partial charge in [0.25, 0.3) is 0 Å². The van der Waals surface area contributed by atoms with Gasteiger partial charge in [-0.1, -0.05) is 26.0 Å². The van der Waals surface area contributed by atoms with E-state index in [1.165, 1.54) is 0 Å². The molecule has 3 N–H and O–H groups in total. The van der Waals surface area contributed by atoms with Crippen LogP contribution < -0.4 is 10.6 Å². The third kappa shape index (κ3) is 4.61. The van der Waals surface area contributed by atoms with Crippen molar-refractivity contribution in [3.8, 4) is 17.3 Å². The van der Waals surface area contributed by atoms with Gasteiger partial charge in [0.15, 0.2) is 0 Å². The highest BCUT2D eigenvalue weighted by Crippen LogP contribution is 2.25. The Balaban J connectivity index is 2.01. The summed E-state index contributed by atoms with van der Waals surface area (Å²) in [5.41, 5.74) is 2.79. The van der Waals surface area contributed by atoms with Crippen molar-refractivity contribution in [3.05, 3.63) is 60.4 Å². The summed E-state index contributed by atoms with van der Waals surface area (Å²) in [5.74, 6) is 1.15. The standard InChI is InChI=1S/C21H22N6O/c1-14(2)19(13-28)26-21-25-18(15-7-9-23-10-8-15)11-20(27-21)24-17-6-4-3-5-16(17)12-22/h3-11,14,19,28H,13H2,1-2H3,(H2,24,25,26,27)/t19-/m1/s1. The number of rotatable bonds is 7. The second kappa shape index (κ2) is 8.93. The summed E-state index contributed by atoms with van der Waals surface area (Å²) in [7, 11) is 0. The van der Waals surface area contributed by atoms with Gasteiger partial charge < -0.3 is 15.7 Å². The molecule has 2 heterocycles. The molecule has 3 rings (SSSR count). The van der Waals surface area contributed by atoms with Gasteiger partial charge in [-0.05, 0) is 30.2 Å². The summed E-state index contributed by atoms with van der Waals surface area (Å²) in [6.07, 6.45) is 3.40. The SMILES string of the molecule is CC(C)[C@@H](CO)Nc1nc(Nc2ccccc2C#N)cc(-c2ccncc2)n1. The van der Waals surface area contributed by atoms with Gasteiger partial charge >= 0.3 is 0 Å². The van der Waals surface area contributed by atoms with Crippen LogP contribution in [0.1, 0.15) is 19.4 Å². The highest BCUT2D eigenvalue weighted by Gasteiger charge is 2.15. The number of aliphatic hydroxyl groups excluding tert-OH is 1. The minimum atomic E-state index is -0.174. The van der Waals surface area contributed by atoms with Crippen LogP contribution in [0.5, 0.6) is 0 Å². The predicted molar refractivity (Wildman–Crippen MR) is 109 cm³/mol. The number of anilines is 3. The molecule has 0 amide bonds. The summed E-state index contributed by atoms with van der Waals surface area (Å²) in [4.78, 5) is 13.2. The first-order valence-electron chi connectivity index (χ1n) is 9.03. The van der Waals surface area contributed by atoms with Crippen LogP contribution in [0.3, 0.4) is 0 Å². The smallest absolute Gasteiger partial charge is 0.225 e. The molecule has 3 aromatic rings. The van der Waals surface area contributed by atoms with Gasteiger partial charge in [-0.3, -0.25) is 4.98 Å². The molecule has 0 aliphatic carbocycles. The van der Waals surface area contributed by atoms with Crippen LogP contribution in [0.4, 0.5) is 17.5 Å². The summed E-state index contributed by atoms with van der Waals surface area (Å²) < 4.78 is 0. The van der Waals surface area contributed by atoms with Crippen molar-refractivity contribution in [2.24, 2.45) is 5.92 Å². The molecule has 0 radical (unpaired) electrons. The average molecular weight is 374 g/mol. The van der Waals surface area contributed by atoms with E-state index in [1.807, 2.05) is 50.2 Å². The minimum absolute atomic E-state index is 0.0272. The van der Waals surface area contributed by atoms with Crippen molar-refractivity contribution >= 4 is 17.5 Å². The van der Waals surface area contributed by atoms with Crippen LogP contribution in [0.15, 0.2) is 54.9 Å². The van der Waals surface area contributed by atoms with Crippen LogP contribution in [-0.2, 0) is 0 Å². The van der Waals surface area contributed by atoms with E-state index in [1.54, 1.807) is 18.5 Å². The maximum absolute atomic E-state index is 9.64. The van der Waals surface area contributed by atoms with Crippen molar-refractivity contribution in [1.82, 2.24) is 15.0 Å². The Hall–Kier alpha value is -3.50. The summed E-state index contributed by atoms with van der Waals surface area (Å²) in [5, 5.41) is 25.4. The molecule has 0 bridgehead atoms. The Morgan fingerprint density at radius 3 is 2.54 bits per heavy atom. The monoisotopic (exact) mass is 374 g/mol. The van der Waals surface area contributed by atoms with E-state index >= 15 is 0 Å². The quantitative estimate of drug-likeness (QED) is 0.580. The number of nitrogens with zero attached hydrogens (tertiary/aromatic N) is 4. The van der Waals surface area contributed by atoms with Crippen LogP contribution in [0, 0.1) is 17.2 Å². The minimum Gasteiger partial charge on any atom is -0.394 e. The number of nitriles is 1. The van der Waals surface area contributed by atoms with Crippen molar-refractivity contribution in [2.75, 3.05) is 17.2 Å². The Labute approximate surface area is 164 Å². The lowest BCUT2D eigenvalue weighted by atomic mass is 10.1. The first kappa shape index (κ1) is 19.3. The van der Waals surface area contributed by atoms with E-state index < -0.39 is 0 Å². The number of aromatic nitrogens is 3. The maximum atomic E-state index is 9.64. The highest BCUT2D eigenvalue weighted by molar-refractivity contribution is 5.69. The van der Waals surface area contributed by atoms with Gasteiger partial charge in [-0.2, -0.15) is 10.2 Å². The van der Waals surface area contributed by atoms with Crippen LogP contribution in [0.25, 0.3) is 11.3 Å². The second-order valence-electron chi connectivity index (χ2n) is 6.66. The number of aliphatic hydroxyl groups is 1. The fraction of sp³-hybridized carbons (Fsp3) is 0.238. The maximum Gasteiger partial charge on any atom is 0.225 e. The second-order valence-corrected chi connectivity index (χ2v) is 6.66. The molecule has 1 atom stereocenters. The number of para-hydroxylation sites is 1. The van der Waals surface area contributed by atoms with Gasteiger partial charge in [-0.25, -0.2) is 4.98 Å². The number of pyridine rings is 1. The zero-order valence-electron chi connectivity index (χ0n) is 15.8. The van der Waals surface area contributed by atoms with E-state index in [-0.39, 0.29) is 18.6 Å². The summed E-state index contributed by atoms with van der Waals surface area (Å²) in [6.45, 7) is 4.01.